The van der Waals surface area contributed by atoms with Gasteiger partial charge in [-0.1, -0.05) is 0 Å². The van der Waals surface area contributed by atoms with E-state index < -0.39 is 0 Å². The molecule has 1 aliphatic heterocycles. The van der Waals surface area contributed by atoms with Gasteiger partial charge in [-0.05, 0) is 0 Å². The first kappa shape index (κ1) is 12.3. The van der Waals surface area contributed by atoms with Crippen molar-refractivity contribution in [1.82, 2.24) is 9.19 Å². The summed E-state index contributed by atoms with van der Waals surface area (Å²) < 4.78 is 11.6. The second-order valence-corrected chi connectivity index (χ2v) is 7.57. The molecule has 18 heavy (non-hydrogen) atoms. The molecule has 5 heteroatoms. The summed E-state index contributed by atoms with van der Waals surface area (Å²) in [7, 11) is 0. The van der Waals surface area contributed by atoms with Gasteiger partial charge in [0.2, 0.25) is 0 Å². The second kappa shape index (κ2) is 4.41. The summed E-state index contributed by atoms with van der Waals surface area (Å²) in [6.45, 7) is 6.36. The molecule has 0 saturated carbocycles. The number of nitrogens with zero attached hydrogens (tertiary/aromatic N) is 2. The zero-order valence-electron chi connectivity index (χ0n) is 10.6. The number of rotatable bonds is 2. The molecule has 0 aliphatic carbocycles. The zero-order valence-corrected chi connectivity index (χ0v) is 13.1. The third kappa shape index (κ3) is 1.91. The molecule has 0 bridgehead atoms. The Morgan fingerprint density at radius 2 is 2.22 bits per heavy atom. The van der Waals surface area contributed by atoms with Crippen molar-refractivity contribution in [2.24, 2.45) is 0 Å². The molecule has 0 fully saturated rings. The third-order valence-electron chi connectivity index (χ3n) is 2.92. The molecule has 94 valence electrons. The molecule has 0 N–H and O–H groups in total. The van der Waals surface area contributed by atoms with Crippen LogP contribution in [-0.2, 0) is 5.60 Å². The fourth-order valence-electron chi connectivity index (χ4n) is 2.12. The normalized spacial score (nSPS) is 15.7. The van der Waals surface area contributed by atoms with E-state index in [2.05, 4.69) is 48.2 Å². The van der Waals surface area contributed by atoms with Crippen molar-refractivity contribution < 1.29 is 4.74 Å². The molecular weight excluding hydrogens is 311 g/mol. The van der Waals surface area contributed by atoms with Crippen molar-refractivity contribution in [1.29, 1.82) is 0 Å². The molecule has 0 unspecified atom stereocenters. The molecule has 0 amide bonds. The summed E-state index contributed by atoms with van der Waals surface area (Å²) >= 11 is 1.92. The van der Waals surface area contributed by atoms with E-state index in [1.165, 1.54) is 9.33 Å². The molecule has 0 spiro atoms. The summed E-state index contributed by atoms with van der Waals surface area (Å²) in [5.74, 6) is 2.01. The van der Waals surface area contributed by atoms with Crippen LogP contribution in [0.5, 0.6) is 5.75 Å². The summed E-state index contributed by atoms with van der Waals surface area (Å²) in [5.41, 5.74) is 1.85. The molecule has 1 aliphatic rings. The van der Waals surface area contributed by atoms with Gasteiger partial charge in [-0.15, -0.1) is 0 Å². The quantitative estimate of drug-likeness (QED) is 0.628. The predicted octanol–water partition coefficient (Wildman–Crippen LogP) is 2.94. The molecule has 0 saturated heterocycles. The minimum atomic E-state index is -0.276. The Hall–Kier alpha value is -0.771. The van der Waals surface area contributed by atoms with Crippen molar-refractivity contribution >= 4 is 26.5 Å². The molecule has 1 aromatic heterocycles. The molecular formula is C13H14N2OSSe. The molecule has 0 radical (unpaired) electrons. The number of hydrogen-bond donors (Lipinski definition) is 0. The predicted molar refractivity (Wildman–Crippen MR) is 74.5 cm³/mol. The van der Waals surface area contributed by atoms with E-state index in [4.69, 9.17) is 4.74 Å². The Morgan fingerprint density at radius 3 is 3.00 bits per heavy atom. The standard InChI is InChI=1S/C13H14N2OSSe/c1-4-17-8-5-6-9-10(7-8)16-13(2,3)12-11(9)14-15-18-12/h5-7H,4H2,1-3H3. The van der Waals surface area contributed by atoms with Crippen molar-refractivity contribution in [3.63, 3.8) is 0 Å². The monoisotopic (exact) mass is 326 g/mol. The first-order valence-electron chi connectivity index (χ1n) is 5.91. The number of fused-ring (bicyclic) bond motifs is 3. The Bertz CT molecular complexity index is 594. The maximum absolute atomic E-state index is 6.14. The van der Waals surface area contributed by atoms with E-state index in [1.807, 2.05) is 11.8 Å². The molecule has 2 heterocycles. The number of thioether (sulfide) groups is 1. The molecule has 2 aromatic rings. The van der Waals surface area contributed by atoms with Gasteiger partial charge in [0.25, 0.3) is 0 Å². The molecule has 1 aromatic carbocycles. The van der Waals surface area contributed by atoms with Crippen molar-refractivity contribution in [3.8, 4) is 17.0 Å². The van der Waals surface area contributed by atoms with Gasteiger partial charge in [0.1, 0.15) is 0 Å². The van der Waals surface area contributed by atoms with Gasteiger partial charge in [0.05, 0.1) is 0 Å². The van der Waals surface area contributed by atoms with Gasteiger partial charge >= 0.3 is 117 Å². The summed E-state index contributed by atoms with van der Waals surface area (Å²) in [6.07, 6.45) is 0. The van der Waals surface area contributed by atoms with Crippen molar-refractivity contribution in [2.45, 2.75) is 31.3 Å². The number of aromatic nitrogens is 2. The molecule has 3 rings (SSSR count). The first-order chi connectivity index (χ1) is 8.62. The van der Waals surface area contributed by atoms with Gasteiger partial charge in [-0.25, -0.2) is 0 Å². The topological polar surface area (TPSA) is 35.0 Å². The Kier molecular flexibility index (Phi) is 3.00. The fraction of sp³-hybridized carbons (Fsp3) is 0.385. The van der Waals surface area contributed by atoms with Gasteiger partial charge in [0, 0.05) is 0 Å². The zero-order chi connectivity index (χ0) is 12.8. The summed E-state index contributed by atoms with van der Waals surface area (Å²) in [6, 6.07) is 6.37. The summed E-state index contributed by atoms with van der Waals surface area (Å²) in [4.78, 5) is 1.25. The number of ether oxygens (including phenoxy) is 1. The van der Waals surface area contributed by atoms with Crippen LogP contribution < -0.4 is 4.74 Å². The van der Waals surface area contributed by atoms with Crippen molar-refractivity contribution in [3.05, 3.63) is 22.6 Å². The van der Waals surface area contributed by atoms with E-state index in [1.54, 1.807) is 0 Å². The van der Waals surface area contributed by atoms with E-state index in [0.717, 1.165) is 22.8 Å². The Morgan fingerprint density at radius 1 is 1.39 bits per heavy atom. The average molecular weight is 325 g/mol. The van der Waals surface area contributed by atoms with Crippen LogP contribution in [0.4, 0.5) is 0 Å². The van der Waals surface area contributed by atoms with Gasteiger partial charge in [-0.3, -0.25) is 0 Å². The SMILES string of the molecule is CCSc1ccc2c(c1)OC(C)(C)c1[se]nnc1-2. The minimum absolute atomic E-state index is 0.0906. The van der Waals surface area contributed by atoms with E-state index in [9.17, 15) is 0 Å². The van der Waals surface area contributed by atoms with E-state index >= 15 is 0 Å². The summed E-state index contributed by atoms with van der Waals surface area (Å²) in [5, 5.41) is 4.32. The second-order valence-electron chi connectivity index (χ2n) is 4.65. The number of benzene rings is 1. The van der Waals surface area contributed by atoms with Crippen LogP contribution in [0.3, 0.4) is 0 Å². The average Bonchev–Trinajstić information content (AvgIpc) is 2.78. The van der Waals surface area contributed by atoms with Crippen LogP contribution in [0.2, 0.25) is 0 Å². The van der Waals surface area contributed by atoms with Crippen LogP contribution in [0.25, 0.3) is 11.3 Å². The third-order valence-corrected chi connectivity index (χ3v) is 5.96. The van der Waals surface area contributed by atoms with Gasteiger partial charge in [-0.2, -0.15) is 0 Å². The molecule has 0 atom stereocenters. The maximum atomic E-state index is 6.14. The Balaban J connectivity index is 2.14. The first-order valence-corrected chi connectivity index (χ1v) is 8.51. The van der Waals surface area contributed by atoms with Crippen LogP contribution in [0.1, 0.15) is 25.2 Å². The van der Waals surface area contributed by atoms with Crippen molar-refractivity contribution in [2.75, 3.05) is 5.75 Å². The van der Waals surface area contributed by atoms with Crippen LogP contribution in [0.15, 0.2) is 23.1 Å². The van der Waals surface area contributed by atoms with Crippen LogP contribution in [-0.4, -0.2) is 29.7 Å². The van der Waals surface area contributed by atoms with Crippen LogP contribution in [0, 0.1) is 0 Å². The van der Waals surface area contributed by atoms with Crippen LogP contribution >= 0.6 is 11.8 Å². The Labute approximate surface area is 117 Å². The van der Waals surface area contributed by atoms with Gasteiger partial charge < -0.3 is 0 Å². The fourth-order valence-corrected chi connectivity index (χ4v) is 4.29. The number of hydrogen-bond acceptors (Lipinski definition) is 4. The van der Waals surface area contributed by atoms with E-state index in [-0.39, 0.29) is 20.3 Å². The van der Waals surface area contributed by atoms with E-state index in [0.29, 0.717) is 0 Å². The molecule has 3 nitrogen and oxygen atoms in total. The van der Waals surface area contributed by atoms with Gasteiger partial charge in [0.15, 0.2) is 0 Å².